The van der Waals surface area contributed by atoms with Gasteiger partial charge >= 0.3 is 0 Å². The summed E-state index contributed by atoms with van der Waals surface area (Å²) in [6, 6.07) is 13.6. The monoisotopic (exact) mass is 533 g/mol. The number of sulfonamides is 1. The number of hydrogen-bond donors (Lipinski definition) is 1. The Morgan fingerprint density at radius 1 is 0.946 bits per heavy atom. The maximum absolute atomic E-state index is 14.1. The van der Waals surface area contributed by atoms with Crippen molar-refractivity contribution in [2.45, 2.75) is 11.3 Å². The number of benzene rings is 3. The highest BCUT2D eigenvalue weighted by atomic mass is 32.2. The van der Waals surface area contributed by atoms with Gasteiger partial charge in [0.1, 0.15) is 28.8 Å². The fourth-order valence-electron chi connectivity index (χ4n) is 4.16. The van der Waals surface area contributed by atoms with Crippen molar-refractivity contribution in [1.29, 1.82) is 0 Å². The Labute approximate surface area is 213 Å². The number of piperazine rings is 1. The Bertz CT molecular complexity index is 1360. The molecule has 0 spiro atoms. The predicted octanol–water partition coefficient (Wildman–Crippen LogP) is 3.60. The molecule has 4 rings (SSSR count). The topological polar surface area (TPSA) is 79.0 Å². The van der Waals surface area contributed by atoms with E-state index in [1.807, 2.05) is 4.90 Å². The molecule has 0 saturated carbocycles. The van der Waals surface area contributed by atoms with Crippen molar-refractivity contribution in [3.63, 3.8) is 0 Å². The molecule has 0 aliphatic carbocycles. The Morgan fingerprint density at radius 3 is 2.22 bits per heavy atom. The average molecular weight is 534 g/mol. The van der Waals surface area contributed by atoms with E-state index in [2.05, 4.69) is 4.72 Å². The standard InChI is InChI=1S/C26H26F3N3O4S/c1-36-24-10-9-20(37(34,35)30-12-11-18-5-7-19(27)8-6-18)17-23(24)31-13-15-32(16-14-31)26(33)25-21(28)3-2-4-22(25)29/h2-10,17,30H,11-16H2,1H3. The molecule has 37 heavy (non-hydrogen) atoms. The number of methoxy groups -OCH3 is 1. The van der Waals surface area contributed by atoms with E-state index >= 15 is 0 Å². The first-order valence-corrected chi connectivity index (χ1v) is 13.1. The second kappa shape index (κ2) is 11.2. The van der Waals surface area contributed by atoms with E-state index in [0.717, 1.165) is 17.7 Å². The van der Waals surface area contributed by atoms with E-state index in [4.69, 9.17) is 4.74 Å². The fourth-order valence-corrected chi connectivity index (χ4v) is 5.21. The second-order valence-corrected chi connectivity index (χ2v) is 10.3. The number of hydrogen-bond acceptors (Lipinski definition) is 5. The molecule has 1 saturated heterocycles. The highest BCUT2D eigenvalue weighted by Gasteiger charge is 2.28. The van der Waals surface area contributed by atoms with E-state index in [9.17, 15) is 26.4 Å². The first-order chi connectivity index (χ1) is 17.7. The summed E-state index contributed by atoms with van der Waals surface area (Å²) in [5.41, 5.74) is 0.726. The van der Waals surface area contributed by atoms with Crippen LogP contribution in [0.4, 0.5) is 18.9 Å². The molecule has 3 aromatic rings. The van der Waals surface area contributed by atoms with Crippen LogP contribution in [-0.4, -0.2) is 59.1 Å². The molecule has 0 atom stereocenters. The summed E-state index contributed by atoms with van der Waals surface area (Å²) in [7, 11) is -2.38. The first-order valence-electron chi connectivity index (χ1n) is 11.6. The van der Waals surface area contributed by atoms with Gasteiger partial charge in [0.25, 0.3) is 5.91 Å². The number of carbonyl (C=O) groups is 1. The third-order valence-electron chi connectivity index (χ3n) is 6.16. The summed E-state index contributed by atoms with van der Waals surface area (Å²) in [6.07, 6.45) is 0.390. The van der Waals surface area contributed by atoms with Gasteiger partial charge < -0.3 is 14.5 Å². The number of carbonyl (C=O) groups excluding carboxylic acids is 1. The normalized spacial score (nSPS) is 14.1. The van der Waals surface area contributed by atoms with Crippen molar-refractivity contribution < 1.29 is 31.1 Å². The zero-order chi connectivity index (χ0) is 26.6. The van der Waals surface area contributed by atoms with Crippen LogP contribution in [0.5, 0.6) is 5.75 Å². The number of amides is 1. The Balaban J connectivity index is 1.44. The molecular formula is C26H26F3N3O4S. The van der Waals surface area contributed by atoms with Crippen molar-refractivity contribution in [2.24, 2.45) is 0 Å². The molecule has 1 N–H and O–H groups in total. The molecule has 0 bridgehead atoms. The number of nitrogens with one attached hydrogen (secondary N) is 1. The summed E-state index contributed by atoms with van der Waals surface area (Å²) in [5, 5.41) is 0. The summed E-state index contributed by atoms with van der Waals surface area (Å²) in [5.74, 6) is -2.48. The third kappa shape index (κ3) is 6.05. The number of nitrogens with zero attached hydrogens (tertiary/aromatic N) is 2. The minimum absolute atomic E-state index is 0.0364. The Morgan fingerprint density at radius 2 is 1.59 bits per heavy atom. The van der Waals surface area contributed by atoms with Crippen molar-refractivity contribution in [3.8, 4) is 5.75 Å². The molecule has 196 valence electrons. The fraction of sp³-hybridized carbons (Fsp3) is 0.269. The zero-order valence-electron chi connectivity index (χ0n) is 20.1. The minimum atomic E-state index is -3.85. The van der Waals surface area contributed by atoms with E-state index in [-0.39, 0.29) is 30.3 Å². The van der Waals surface area contributed by atoms with Gasteiger partial charge in [-0.1, -0.05) is 18.2 Å². The van der Waals surface area contributed by atoms with Crippen LogP contribution in [0.1, 0.15) is 15.9 Å². The van der Waals surface area contributed by atoms with E-state index in [1.54, 1.807) is 18.2 Å². The largest absolute Gasteiger partial charge is 0.495 e. The molecule has 3 aromatic carbocycles. The Hall–Kier alpha value is -3.57. The van der Waals surface area contributed by atoms with Gasteiger partial charge in [0, 0.05) is 32.7 Å². The summed E-state index contributed by atoms with van der Waals surface area (Å²) in [4.78, 5) is 16.0. The predicted molar refractivity (Wildman–Crippen MR) is 133 cm³/mol. The lowest BCUT2D eigenvalue weighted by Gasteiger charge is -2.36. The molecule has 0 aromatic heterocycles. The van der Waals surface area contributed by atoms with E-state index in [0.29, 0.717) is 30.9 Å². The lowest BCUT2D eigenvalue weighted by atomic mass is 10.1. The van der Waals surface area contributed by atoms with Gasteiger partial charge in [-0.3, -0.25) is 4.79 Å². The highest BCUT2D eigenvalue weighted by Crippen LogP contribution is 2.32. The number of anilines is 1. The SMILES string of the molecule is COc1ccc(S(=O)(=O)NCCc2ccc(F)cc2)cc1N1CCN(C(=O)c2c(F)cccc2F)CC1. The highest BCUT2D eigenvalue weighted by molar-refractivity contribution is 7.89. The molecule has 11 heteroatoms. The van der Waals surface area contributed by atoms with Crippen LogP contribution in [0, 0.1) is 17.5 Å². The van der Waals surface area contributed by atoms with Crippen LogP contribution < -0.4 is 14.4 Å². The van der Waals surface area contributed by atoms with Gasteiger partial charge in [0.05, 0.1) is 17.7 Å². The maximum Gasteiger partial charge on any atom is 0.259 e. The molecule has 1 fully saturated rings. The molecule has 0 unspecified atom stereocenters. The molecule has 1 aliphatic rings. The summed E-state index contributed by atoms with van der Waals surface area (Å²) >= 11 is 0. The minimum Gasteiger partial charge on any atom is -0.495 e. The van der Waals surface area contributed by atoms with Gasteiger partial charge in [0.15, 0.2) is 0 Å². The lowest BCUT2D eigenvalue weighted by molar-refractivity contribution is 0.0737. The third-order valence-corrected chi connectivity index (χ3v) is 7.62. The maximum atomic E-state index is 14.1. The average Bonchev–Trinajstić information content (AvgIpc) is 2.89. The summed E-state index contributed by atoms with van der Waals surface area (Å²) < 4.78 is 75.0. The first kappa shape index (κ1) is 26.5. The van der Waals surface area contributed by atoms with E-state index in [1.165, 1.54) is 42.3 Å². The lowest BCUT2D eigenvalue weighted by Crippen LogP contribution is -2.49. The van der Waals surface area contributed by atoms with Gasteiger partial charge in [0.2, 0.25) is 10.0 Å². The van der Waals surface area contributed by atoms with Crippen LogP contribution in [0.25, 0.3) is 0 Å². The van der Waals surface area contributed by atoms with Gasteiger partial charge in [-0.25, -0.2) is 26.3 Å². The zero-order valence-corrected chi connectivity index (χ0v) is 20.9. The van der Waals surface area contributed by atoms with Crippen LogP contribution in [0.15, 0.2) is 65.6 Å². The van der Waals surface area contributed by atoms with E-state index < -0.39 is 33.1 Å². The van der Waals surface area contributed by atoms with Crippen molar-refractivity contribution in [2.75, 3.05) is 44.7 Å². The second-order valence-electron chi connectivity index (χ2n) is 8.48. The van der Waals surface area contributed by atoms with Gasteiger partial charge in [-0.05, 0) is 54.4 Å². The van der Waals surface area contributed by atoms with Crippen molar-refractivity contribution in [1.82, 2.24) is 9.62 Å². The molecule has 1 amide bonds. The van der Waals surface area contributed by atoms with Crippen molar-refractivity contribution in [3.05, 3.63) is 89.2 Å². The smallest absolute Gasteiger partial charge is 0.259 e. The quantitative estimate of drug-likeness (QED) is 0.479. The molecule has 0 radical (unpaired) electrons. The Kier molecular flexibility index (Phi) is 8.03. The number of halogens is 3. The number of ether oxygens (including phenoxy) is 1. The van der Waals surface area contributed by atoms with Gasteiger partial charge in [-0.2, -0.15) is 0 Å². The molecule has 1 aliphatic heterocycles. The van der Waals surface area contributed by atoms with Gasteiger partial charge in [-0.15, -0.1) is 0 Å². The molecule has 1 heterocycles. The van der Waals surface area contributed by atoms with Crippen molar-refractivity contribution >= 4 is 21.6 Å². The van der Waals surface area contributed by atoms with Crippen LogP contribution >= 0.6 is 0 Å². The van der Waals surface area contributed by atoms with Crippen LogP contribution in [-0.2, 0) is 16.4 Å². The molecule has 7 nitrogen and oxygen atoms in total. The molecular weight excluding hydrogens is 507 g/mol. The van der Waals surface area contributed by atoms with Crippen LogP contribution in [0.3, 0.4) is 0 Å². The number of rotatable bonds is 8. The van der Waals surface area contributed by atoms with Crippen LogP contribution in [0.2, 0.25) is 0 Å². The summed E-state index contributed by atoms with van der Waals surface area (Å²) in [6.45, 7) is 1.10.